The van der Waals surface area contributed by atoms with Gasteiger partial charge in [-0.3, -0.25) is 0 Å². The van der Waals surface area contributed by atoms with Crippen molar-refractivity contribution < 1.29 is 8.42 Å². The van der Waals surface area contributed by atoms with Gasteiger partial charge in [0.25, 0.3) is 0 Å². The van der Waals surface area contributed by atoms with Gasteiger partial charge in [-0.05, 0) is 32.4 Å². The minimum Gasteiger partial charge on any atom is -0.369 e. The van der Waals surface area contributed by atoms with Gasteiger partial charge >= 0.3 is 0 Å². The van der Waals surface area contributed by atoms with Gasteiger partial charge in [0.2, 0.25) is 10.0 Å². The number of aromatic nitrogens is 1. The van der Waals surface area contributed by atoms with Crippen LogP contribution in [0.25, 0.3) is 0 Å². The largest absolute Gasteiger partial charge is 0.369 e. The van der Waals surface area contributed by atoms with Crippen molar-refractivity contribution >= 4 is 15.8 Å². The van der Waals surface area contributed by atoms with Crippen LogP contribution in [0.5, 0.6) is 0 Å². The maximum absolute atomic E-state index is 12.0. The van der Waals surface area contributed by atoms with E-state index < -0.39 is 10.0 Å². The van der Waals surface area contributed by atoms with Crippen molar-refractivity contribution in [3.05, 3.63) is 18.3 Å². The molecule has 0 bridgehead atoms. The van der Waals surface area contributed by atoms with E-state index in [1.165, 1.54) is 0 Å². The maximum Gasteiger partial charge on any atom is 0.244 e. The molecule has 0 saturated heterocycles. The average molecular weight is 257 g/mol. The Bertz CT molecular complexity index is 458. The second-order valence-electron chi connectivity index (χ2n) is 4.05. The molecule has 1 rings (SSSR count). The first kappa shape index (κ1) is 13.9. The second-order valence-corrected chi connectivity index (χ2v) is 5.74. The monoisotopic (exact) mass is 257 g/mol. The lowest BCUT2D eigenvalue weighted by molar-refractivity contribution is 0.570. The lowest BCUT2D eigenvalue weighted by atomic mass is 10.4. The van der Waals surface area contributed by atoms with Crippen LogP contribution in [0, 0.1) is 0 Å². The molecular formula is C11H19N3O2S. The Kier molecular flexibility index (Phi) is 4.89. The van der Waals surface area contributed by atoms with E-state index in [-0.39, 0.29) is 10.9 Å². The van der Waals surface area contributed by atoms with Crippen molar-refractivity contribution in [1.82, 2.24) is 9.71 Å². The van der Waals surface area contributed by atoms with Crippen molar-refractivity contribution in [2.45, 2.75) is 38.1 Å². The standard InChI is InChI=1S/C11H19N3O2S/c1-4-7-12-11-10(6-5-8-13-11)17(15,16)14-9(2)3/h5-6,8-9,14H,4,7H2,1-3H3,(H,12,13). The number of anilines is 1. The summed E-state index contributed by atoms with van der Waals surface area (Å²) in [5, 5.41) is 3.01. The van der Waals surface area contributed by atoms with Crippen molar-refractivity contribution in [2.75, 3.05) is 11.9 Å². The molecule has 5 nitrogen and oxygen atoms in total. The Hall–Kier alpha value is -1.14. The van der Waals surface area contributed by atoms with Crippen LogP contribution in [0.3, 0.4) is 0 Å². The van der Waals surface area contributed by atoms with Gasteiger partial charge in [-0.1, -0.05) is 6.92 Å². The van der Waals surface area contributed by atoms with Crippen LogP contribution < -0.4 is 10.0 Å². The van der Waals surface area contributed by atoms with E-state index in [4.69, 9.17) is 0 Å². The number of pyridine rings is 1. The number of nitrogens with zero attached hydrogens (tertiary/aromatic N) is 1. The fourth-order valence-corrected chi connectivity index (χ4v) is 2.74. The number of rotatable bonds is 6. The van der Waals surface area contributed by atoms with Crippen molar-refractivity contribution in [3.8, 4) is 0 Å². The highest BCUT2D eigenvalue weighted by Gasteiger charge is 2.19. The molecule has 96 valence electrons. The first-order valence-corrected chi connectivity index (χ1v) is 7.17. The van der Waals surface area contributed by atoms with Crippen LogP contribution in [0.15, 0.2) is 23.2 Å². The first-order valence-electron chi connectivity index (χ1n) is 5.68. The van der Waals surface area contributed by atoms with Crippen molar-refractivity contribution in [2.24, 2.45) is 0 Å². The molecule has 0 fully saturated rings. The predicted molar refractivity (Wildman–Crippen MR) is 68.5 cm³/mol. The summed E-state index contributed by atoms with van der Waals surface area (Å²) >= 11 is 0. The molecule has 0 aliphatic rings. The Labute approximate surface area is 103 Å². The zero-order valence-corrected chi connectivity index (χ0v) is 11.2. The molecule has 0 unspecified atom stereocenters. The molecule has 0 atom stereocenters. The summed E-state index contributed by atoms with van der Waals surface area (Å²) in [6, 6.07) is 3.03. The molecule has 1 heterocycles. The topological polar surface area (TPSA) is 71.1 Å². The molecule has 0 amide bonds. The lowest BCUT2D eigenvalue weighted by Crippen LogP contribution is -2.31. The van der Waals surface area contributed by atoms with E-state index in [2.05, 4.69) is 15.0 Å². The van der Waals surface area contributed by atoms with Crippen LogP contribution in [0.4, 0.5) is 5.82 Å². The normalized spacial score (nSPS) is 11.8. The van der Waals surface area contributed by atoms with Gasteiger partial charge in [-0.2, -0.15) is 0 Å². The molecule has 0 radical (unpaired) electrons. The van der Waals surface area contributed by atoms with Gasteiger partial charge in [0.05, 0.1) is 0 Å². The third-order valence-electron chi connectivity index (χ3n) is 1.99. The third kappa shape index (κ3) is 3.98. The molecule has 0 aromatic carbocycles. The van der Waals surface area contributed by atoms with Gasteiger partial charge < -0.3 is 5.32 Å². The van der Waals surface area contributed by atoms with Crippen LogP contribution >= 0.6 is 0 Å². The highest BCUT2D eigenvalue weighted by molar-refractivity contribution is 7.89. The Morgan fingerprint density at radius 1 is 1.41 bits per heavy atom. The quantitative estimate of drug-likeness (QED) is 0.812. The summed E-state index contributed by atoms with van der Waals surface area (Å²) in [6.45, 7) is 6.28. The highest BCUT2D eigenvalue weighted by Crippen LogP contribution is 2.17. The highest BCUT2D eigenvalue weighted by atomic mass is 32.2. The first-order chi connectivity index (χ1) is 7.97. The molecule has 6 heteroatoms. The van der Waals surface area contributed by atoms with Crippen LogP contribution in [-0.4, -0.2) is 26.0 Å². The zero-order valence-electron chi connectivity index (χ0n) is 10.4. The van der Waals surface area contributed by atoms with Gasteiger partial charge in [0.15, 0.2) is 0 Å². The predicted octanol–water partition coefficient (Wildman–Crippen LogP) is 1.59. The van der Waals surface area contributed by atoms with E-state index in [0.29, 0.717) is 12.4 Å². The minimum absolute atomic E-state index is 0.140. The Morgan fingerprint density at radius 2 is 2.12 bits per heavy atom. The zero-order chi connectivity index (χ0) is 12.9. The third-order valence-corrected chi connectivity index (χ3v) is 3.68. The van der Waals surface area contributed by atoms with E-state index in [1.54, 1.807) is 32.2 Å². The van der Waals surface area contributed by atoms with E-state index >= 15 is 0 Å². The molecular weight excluding hydrogens is 238 g/mol. The molecule has 0 saturated carbocycles. The summed E-state index contributed by atoms with van der Waals surface area (Å²) < 4.78 is 26.6. The molecule has 1 aromatic rings. The molecule has 0 aliphatic carbocycles. The van der Waals surface area contributed by atoms with Crippen LogP contribution in [0.2, 0.25) is 0 Å². The molecule has 17 heavy (non-hydrogen) atoms. The van der Waals surface area contributed by atoms with Crippen LogP contribution in [-0.2, 0) is 10.0 Å². The molecule has 2 N–H and O–H groups in total. The van der Waals surface area contributed by atoms with Gasteiger partial charge in [-0.25, -0.2) is 18.1 Å². The number of hydrogen-bond donors (Lipinski definition) is 2. The SMILES string of the molecule is CCCNc1ncccc1S(=O)(=O)NC(C)C. The maximum atomic E-state index is 12.0. The van der Waals surface area contributed by atoms with Crippen LogP contribution in [0.1, 0.15) is 27.2 Å². The van der Waals surface area contributed by atoms with Gasteiger partial charge in [-0.15, -0.1) is 0 Å². The minimum atomic E-state index is -3.50. The molecule has 0 spiro atoms. The number of hydrogen-bond acceptors (Lipinski definition) is 4. The lowest BCUT2D eigenvalue weighted by Gasteiger charge is -2.13. The molecule has 1 aromatic heterocycles. The average Bonchev–Trinajstić information content (AvgIpc) is 2.25. The van der Waals surface area contributed by atoms with E-state index in [9.17, 15) is 8.42 Å². The smallest absolute Gasteiger partial charge is 0.244 e. The molecule has 0 aliphatic heterocycles. The summed E-state index contributed by atoms with van der Waals surface area (Å²) in [7, 11) is -3.50. The second kappa shape index (κ2) is 5.97. The Morgan fingerprint density at radius 3 is 2.71 bits per heavy atom. The van der Waals surface area contributed by atoms with E-state index in [0.717, 1.165) is 6.42 Å². The van der Waals surface area contributed by atoms with Crippen molar-refractivity contribution in [1.29, 1.82) is 0 Å². The number of sulfonamides is 1. The van der Waals surface area contributed by atoms with Gasteiger partial charge in [0, 0.05) is 18.8 Å². The number of nitrogens with one attached hydrogen (secondary N) is 2. The van der Waals surface area contributed by atoms with Gasteiger partial charge in [0.1, 0.15) is 10.7 Å². The summed E-state index contributed by atoms with van der Waals surface area (Å²) in [5.41, 5.74) is 0. The summed E-state index contributed by atoms with van der Waals surface area (Å²) in [5.74, 6) is 0.405. The summed E-state index contributed by atoms with van der Waals surface area (Å²) in [4.78, 5) is 4.26. The van der Waals surface area contributed by atoms with Crippen molar-refractivity contribution in [3.63, 3.8) is 0 Å². The Balaban J connectivity index is 3.04. The summed E-state index contributed by atoms with van der Waals surface area (Å²) in [6.07, 6.45) is 2.49. The fraction of sp³-hybridized carbons (Fsp3) is 0.545. The fourth-order valence-electron chi connectivity index (χ4n) is 1.36. The van der Waals surface area contributed by atoms with E-state index in [1.807, 2.05) is 6.92 Å².